The quantitative estimate of drug-likeness (QED) is 0.0264. The molecule has 0 saturated heterocycles. The van der Waals surface area contributed by atoms with Gasteiger partial charge in [0.1, 0.15) is 23.0 Å². The van der Waals surface area contributed by atoms with Crippen LogP contribution in [0.1, 0.15) is 332 Å². The predicted molar refractivity (Wildman–Crippen MR) is 397 cm³/mol. The van der Waals surface area contributed by atoms with E-state index in [1.807, 2.05) is 42.5 Å². The largest absolute Gasteiger partial charge is 0.493 e. The van der Waals surface area contributed by atoms with Crippen LogP contribution in [0, 0.1) is 0 Å². The molecule has 0 radical (unpaired) electrons. The van der Waals surface area contributed by atoms with Crippen LogP contribution < -0.4 is 38.9 Å². The summed E-state index contributed by atoms with van der Waals surface area (Å²) < 4.78 is 47.0. The molecular weight excluding hydrogens is 1150 g/mol. The molecule has 0 fully saturated rings. The van der Waals surface area contributed by atoms with Crippen LogP contribution in [0.25, 0.3) is 24.3 Å². The number of benzene rings is 4. The zero-order chi connectivity index (χ0) is 66.5. The van der Waals surface area contributed by atoms with Crippen LogP contribution in [-0.4, -0.2) is 58.4 Å². The lowest BCUT2D eigenvalue weighted by molar-refractivity contribution is -0.119. The minimum Gasteiger partial charge on any atom is -0.493 e. The first-order valence-corrected chi connectivity index (χ1v) is 38.0. The average Bonchev–Trinajstić information content (AvgIpc) is 0.941. The molecule has 0 aliphatic heterocycles. The molecule has 1 amide bonds. The number of unbranched alkanes of at least 4 members (excludes halogenated alkanes) is 31. The molecule has 0 aromatic heterocycles. The van der Waals surface area contributed by atoms with Crippen molar-refractivity contribution >= 4 is 36.4 Å². The Morgan fingerprint density at radius 1 is 0.333 bits per heavy atom. The molecule has 4 rings (SSSR count). The van der Waals surface area contributed by atoms with E-state index in [-0.39, 0.29) is 0 Å². The Balaban J connectivity index is 1.77. The van der Waals surface area contributed by atoms with Crippen LogP contribution in [0.2, 0.25) is 0 Å². The van der Waals surface area contributed by atoms with Gasteiger partial charge in [-0.2, -0.15) is 0 Å². The minimum atomic E-state index is -0.855. The normalized spacial score (nSPS) is 11.9. The van der Waals surface area contributed by atoms with Crippen molar-refractivity contribution in [2.45, 2.75) is 298 Å². The number of carbonyl (C=O) groups excluding carboxylic acids is 1. The van der Waals surface area contributed by atoms with Gasteiger partial charge in [0.2, 0.25) is 11.7 Å². The number of aliphatic imine (C=N–C) groups is 1. The maximum Gasteiger partial charge on any atom is 0.246 e. The Kier molecular flexibility index (Phi) is 45.6. The van der Waals surface area contributed by atoms with E-state index >= 15 is 0 Å². The second-order valence-electron chi connectivity index (χ2n) is 25.8. The fourth-order valence-electron chi connectivity index (χ4n) is 11.3. The first-order chi connectivity index (χ1) is 45.8. The van der Waals surface area contributed by atoms with Crippen LogP contribution in [-0.2, 0) is 4.79 Å². The molecule has 93 heavy (non-hydrogen) atoms. The zero-order valence-electron chi connectivity index (χ0n) is 59.9. The Morgan fingerprint density at radius 3 is 0.957 bits per heavy atom. The van der Waals surface area contributed by atoms with Gasteiger partial charge < -0.3 is 38.9 Å². The maximum absolute atomic E-state index is 12.8. The summed E-state index contributed by atoms with van der Waals surface area (Å²) in [6, 6.07) is 21.1. The standard InChI is InChI=1S/C83H130N2O8/c1-8-15-22-25-28-31-34-37-40-46-59-91-79-62-69(63-80(92-60-47-41-38-35-32-29-26-23-16-9-2)82(79)93-61-48-42-39-36-33-30-27-24-17-10-3)51-52-71-64-76(88-56-19-12-5)72(65-75(71)87-55-18-11-4)53-54-73-66-78(90-58-21-14-7)74(67-77(73)89-57-20-13-6)68-85-81(83(84)86)70-49-44-43-45-50-70/h43-45,49-54,62-68,81H,8-42,46-48,55-61H2,1-7H3,(H2,84,86)/b52-51+,54-53+,85-68?/t81-/m0/s1. The van der Waals surface area contributed by atoms with Crippen molar-refractivity contribution in [3.05, 3.63) is 100 Å². The van der Waals surface area contributed by atoms with E-state index in [9.17, 15) is 4.79 Å². The Labute approximate surface area is 567 Å². The molecule has 1 atom stereocenters. The molecule has 0 unspecified atom stereocenters. The molecular formula is C83H130N2O8. The molecule has 0 aliphatic carbocycles. The number of ether oxygens (including phenoxy) is 7. The van der Waals surface area contributed by atoms with Crippen LogP contribution in [0.5, 0.6) is 40.2 Å². The Bertz CT molecular complexity index is 2560. The Morgan fingerprint density at radius 2 is 0.613 bits per heavy atom. The summed E-state index contributed by atoms with van der Waals surface area (Å²) in [5, 5.41) is 0. The summed E-state index contributed by atoms with van der Waals surface area (Å²) in [5.74, 6) is 4.55. The minimum absolute atomic E-state index is 0.524. The van der Waals surface area contributed by atoms with E-state index in [0.717, 1.165) is 146 Å². The summed E-state index contributed by atoms with van der Waals surface area (Å²) in [4.78, 5) is 17.5. The fourth-order valence-corrected chi connectivity index (χ4v) is 11.3. The summed E-state index contributed by atoms with van der Waals surface area (Å²) in [6.07, 6.45) is 55.9. The molecule has 4 aromatic rings. The van der Waals surface area contributed by atoms with Gasteiger partial charge in [-0.1, -0.05) is 302 Å². The van der Waals surface area contributed by atoms with Gasteiger partial charge in [-0.05, 0) is 92.5 Å². The zero-order valence-corrected chi connectivity index (χ0v) is 59.9. The lowest BCUT2D eigenvalue weighted by Gasteiger charge is -2.19. The van der Waals surface area contributed by atoms with Gasteiger partial charge in [-0.3, -0.25) is 9.79 Å². The number of carbonyl (C=O) groups is 1. The van der Waals surface area contributed by atoms with Gasteiger partial charge in [-0.25, -0.2) is 0 Å². The number of primary amides is 1. The van der Waals surface area contributed by atoms with Crippen LogP contribution in [0.15, 0.2) is 71.7 Å². The summed E-state index contributed by atoms with van der Waals surface area (Å²) in [7, 11) is 0. The molecule has 0 heterocycles. The van der Waals surface area contributed by atoms with Gasteiger partial charge in [0, 0.05) is 28.5 Å². The van der Waals surface area contributed by atoms with Gasteiger partial charge in [-0.15, -0.1) is 0 Å². The third kappa shape index (κ3) is 34.9. The van der Waals surface area contributed by atoms with Crippen LogP contribution in [0.3, 0.4) is 0 Å². The van der Waals surface area contributed by atoms with Crippen molar-refractivity contribution in [2.24, 2.45) is 10.7 Å². The fraction of sp³-hybridized carbons (Fsp3) is 0.639. The molecule has 0 bridgehead atoms. The molecule has 520 valence electrons. The van der Waals surface area contributed by atoms with E-state index in [1.54, 1.807) is 6.21 Å². The number of hydrogen-bond donors (Lipinski definition) is 1. The van der Waals surface area contributed by atoms with Crippen molar-refractivity contribution in [1.82, 2.24) is 0 Å². The van der Waals surface area contributed by atoms with Crippen molar-refractivity contribution in [1.29, 1.82) is 0 Å². The van der Waals surface area contributed by atoms with Crippen LogP contribution in [0.4, 0.5) is 0 Å². The highest BCUT2D eigenvalue weighted by molar-refractivity contribution is 5.90. The van der Waals surface area contributed by atoms with Gasteiger partial charge in [0.05, 0.1) is 46.2 Å². The van der Waals surface area contributed by atoms with E-state index < -0.39 is 11.9 Å². The van der Waals surface area contributed by atoms with Gasteiger partial charge in [0.15, 0.2) is 17.5 Å². The van der Waals surface area contributed by atoms with E-state index in [2.05, 4.69) is 97.0 Å². The maximum atomic E-state index is 12.8. The number of nitrogens with zero attached hydrogens (tertiary/aromatic N) is 1. The highest BCUT2D eigenvalue weighted by atomic mass is 16.5. The summed E-state index contributed by atoms with van der Waals surface area (Å²) in [5.41, 5.74) is 11.0. The first-order valence-electron chi connectivity index (χ1n) is 38.0. The number of nitrogens with two attached hydrogens (primary N) is 1. The smallest absolute Gasteiger partial charge is 0.246 e. The third-order valence-corrected chi connectivity index (χ3v) is 17.2. The number of rotatable bonds is 60. The van der Waals surface area contributed by atoms with E-state index in [4.69, 9.17) is 43.9 Å². The SMILES string of the molecule is CCCCCCCCCCCCOc1cc(/C=C/c2cc(OCCCC)c(/C=C/c3cc(OCCCC)c(C=N[C@H](C(N)=O)c4ccccc4)cc3OCCCC)cc2OCCCC)cc(OCCCCCCCCCCCC)c1OCCCCCCCCCCCC. The molecule has 10 heteroatoms. The van der Waals surface area contributed by atoms with Crippen molar-refractivity contribution in [3.63, 3.8) is 0 Å². The second kappa shape index (κ2) is 53.4. The summed E-state index contributed by atoms with van der Waals surface area (Å²) >= 11 is 0. The van der Waals surface area contributed by atoms with Crippen molar-refractivity contribution < 1.29 is 38.0 Å². The molecule has 4 aromatic carbocycles. The molecule has 0 spiro atoms. The van der Waals surface area contributed by atoms with Gasteiger partial charge >= 0.3 is 0 Å². The van der Waals surface area contributed by atoms with Crippen molar-refractivity contribution in [2.75, 3.05) is 46.2 Å². The molecule has 0 aliphatic rings. The highest BCUT2D eigenvalue weighted by Gasteiger charge is 2.20. The monoisotopic (exact) mass is 1280 g/mol. The Hall–Kier alpha value is -5.90. The molecule has 0 saturated carbocycles. The third-order valence-electron chi connectivity index (χ3n) is 17.2. The predicted octanol–water partition coefficient (Wildman–Crippen LogP) is 24.3. The highest BCUT2D eigenvalue weighted by Crippen LogP contribution is 2.41. The van der Waals surface area contributed by atoms with Crippen molar-refractivity contribution in [3.8, 4) is 40.2 Å². The van der Waals surface area contributed by atoms with E-state index in [1.165, 1.54) is 154 Å². The second-order valence-corrected chi connectivity index (χ2v) is 25.8. The lowest BCUT2D eigenvalue weighted by atomic mass is 10.0. The lowest BCUT2D eigenvalue weighted by Crippen LogP contribution is -2.20. The van der Waals surface area contributed by atoms with E-state index in [0.29, 0.717) is 63.3 Å². The molecule has 10 nitrogen and oxygen atoms in total. The average molecular weight is 1280 g/mol. The number of hydrogen-bond acceptors (Lipinski definition) is 9. The van der Waals surface area contributed by atoms with Crippen LogP contribution >= 0.6 is 0 Å². The summed E-state index contributed by atoms with van der Waals surface area (Å²) in [6.45, 7) is 19.6. The number of amides is 1. The topological polar surface area (TPSA) is 120 Å². The van der Waals surface area contributed by atoms with Gasteiger partial charge in [0.25, 0.3) is 0 Å². The first kappa shape index (κ1) is 79.5. The molecule has 2 N–H and O–H groups in total.